The Morgan fingerprint density at radius 3 is 2.53 bits per heavy atom. The van der Waals surface area contributed by atoms with E-state index in [1.54, 1.807) is 0 Å². The van der Waals surface area contributed by atoms with Crippen molar-refractivity contribution in [2.75, 3.05) is 19.6 Å². The monoisotopic (exact) mass is 264 g/mol. The van der Waals surface area contributed by atoms with Crippen LogP contribution in [0.25, 0.3) is 0 Å². The molecule has 0 spiro atoms. The molecule has 0 aromatic rings. The van der Waals surface area contributed by atoms with Crippen LogP contribution in [-0.4, -0.2) is 47.6 Å². The lowest BCUT2D eigenvalue weighted by atomic mass is 9.91. The Kier molecular flexibility index (Phi) is 4.19. The Morgan fingerprint density at radius 2 is 1.84 bits per heavy atom. The number of hydrogen-bond donors (Lipinski definition) is 0. The highest BCUT2D eigenvalue weighted by Crippen LogP contribution is 2.38. The van der Waals surface area contributed by atoms with Gasteiger partial charge in [-0.05, 0) is 50.5 Å². The van der Waals surface area contributed by atoms with Crippen molar-refractivity contribution in [3.8, 4) is 0 Å². The topological polar surface area (TPSA) is 6.48 Å². The van der Waals surface area contributed by atoms with Crippen LogP contribution in [0.15, 0.2) is 0 Å². The lowest BCUT2D eigenvalue weighted by molar-refractivity contribution is -0.0240. The summed E-state index contributed by atoms with van der Waals surface area (Å²) in [6, 6.07) is 2.58. The predicted octanol–water partition coefficient (Wildman–Crippen LogP) is 3.37. The molecule has 2 aliphatic heterocycles. The number of fused-ring (bicyclic) bond motifs is 1. The molecule has 2 saturated heterocycles. The van der Waals surface area contributed by atoms with Gasteiger partial charge in [-0.25, -0.2) is 0 Å². The summed E-state index contributed by atoms with van der Waals surface area (Å²) in [4.78, 5) is 5.73. The van der Waals surface area contributed by atoms with E-state index in [2.05, 4.69) is 30.6 Å². The lowest BCUT2D eigenvalue weighted by Gasteiger charge is -2.51. The van der Waals surface area contributed by atoms with Crippen molar-refractivity contribution in [1.29, 1.82) is 0 Å². The van der Waals surface area contributed by atoms with Crippen molar-refractivity contribution in [1.82, 2.24) is 9.80 Å². The summed E-state index contributed by atoms with van der Waals surface area (Å²) in [5.41, 5.74) is 0. The van der Waals surface area contributed by atoms with Gasteiger partial charge < -0.3 is 0 Å². The summed E-state index contributed by atoms with van der Waals surface area (Å²) in [5.74, 6) is 1.84. The molecule has 1 saturated carbocycles. The molecular weight excluding hydrogens is 232 g/mol. The highest BCUT2D eigenvalue weighted by Gasteiger charge is 2.41. The van der Waals surface area contributed by atoms with Gasteiger partial charge in [0.25, 0.3) is 0 Å². The van der Waals surface area contributed by atoms with E-state index in [9.17, 15) is 0 Å². The zero-order valence-electron chi connectivity index (χ0n) is 13.1. The number of nitrogens with zero attached hydrogens (tertiary/aromatic N) is 2. The average Bonchev–Trinajstić information content (AvgIpc) is 2.77. The summed E-state index contributed by atoms with van der Waals surface area (Å²) in [5, 5.41) is 0. The molecule has 0 aromatic carbocycles. The van der Waals surface area contributed by atoms with Gasteiger partial charge in [0.15, 0.2) is 0 Å². The van der Waals surface area contributed by atoms with Crippen molar-refractivity contribution >= 4 is 0 Å². The molecular formula is C17H32N2. The Hall–Kier alpha value is -0.0800. The third-order valence-electron chi connectivity index (χ3n) is 6.40. The molecule has 2 heterocycles. The molecule has 0 N–H and O–H groups in total. The van der Waals surface area contributed by atoms with Crippen LogP contribution in [0.2, 0.25) is 0 Å². The number of rotatable bonds is 2. The molecule has 19 heavy (non-hydrogen) atoms. The predicted molar refractivity (Wildman–Crippen MR) is 81.3 cm³/mol. The van der Waals surface area contributed by atoms with Gasteiger partial charge in [0.1, 0.15) is 0 Å². The van der Waals surface area contributed by atoms with Crippen molar-refractivity contribution in [2.24, 2.45) is 11.8 Å². The molecule has 1 aliphatic carbocycles. The minimum Gasteiger partial charge on any atom is -0.298 e. The van der Waals surface area contributed by atoms with Crippen LogP contribution in [0.3, 0.4) is 0 Å². The maximum atomic E-state index is 2.93. The molecule has 5 atom stereocenters. The maximum Gasteiger partial charge on any atom is 0.0224 e. The van der Waals surface area contributed by atoms with Crippen molar-refractivity contribution < 1.29 is 0 Å². The zero-order chi connectivity index (χ0) is 13.4. The first kappa shape index (κ1) is 13.9. The quantitative estimate of drug-likeness (QED) is 0.754. The Morgan fingerprint density at radius 1 is 1.00 bits per heavy atom. The molecule has 0 radical (unpaired) electrons. The first-order valence-electron chi connectivity index (χ1n) is 8.70. The first-order chi connectivity index (χ1) is 9.20. The fourth-order valence-electron chi connectivity index (χ4n) is 4.85. The Bertz CT molecular complexity index is 304. The normalized spacial score (nSPS) is 45.3. The van der Waals surface area contributed by atoms with E-state index in [0.29, 0.717) is 0 Å². The molecule has 3 aliphatic rings. The van der Waals surface area contributed by atoms with E-state index in [0.717, 1.165) is 30.0 Å². The van der Waals surface area contributed by atoms with Gasteiger partial charge in [0, 0.05) is 31.2 Å². The van der Waals surface area contributed by atoms with Crippen LogP contribution in [0.1, 0.15) is 59.3 Å². The lowest BCUT2D eigenvalue weighted by Crippen LogP contribution is -2.62. The molecule has 3 rings (SSSR count). The standard InChI is InChI=1S/C17H32N2/c1-4-15-11-18-10-6-5-7-16(18)12-19(15)17-9-8-13(2)14(17)3/h13-17H,4-12H2,1-3H3. The summed E-state index contributed by atoms with van der Waals surface area (Å²) in [7, 11) is 0. The van der Waals surface area contributed by atoms with Gasteiger partial charge in [0.05, 0.1) is 0 Å². The van der Waals surface area contributed by atoms with Crippen LogP contribution in [-0.2, 0) is 0 Å². The molecule has 2 nitrogen and oxygen atoms in total. The molecule has 0 amide bonds. The zero-order valence-corrected chi connectivity index (χ0v) is 13.1. The molecule has 5 unspecified atom stereocenters. The van der Waals surface area contributed by atoms with Crippen LogP contribution >= 0.6 is 0 Å². The van der Waals surface area contributed by atoms with Crippen LogP contribution in [0, 0.1) is 11.8 Å². The molecule has 0 bridgehead atoms. The van der Waals surface area contributed by atoms with Crippen molar-refractivity contribution in [3.05, 3.63) is 0 Å². The number of piperazine rings is 1. The first-order valence-corrected chi connectivity index (χ1v) is 8.70. The van der Waals surface area contributed by atoms with Crippen molar-refractivity contribution in [3.63, 3.8) is 0 Å². The highest BCUT2D eigenvalue weighted by molar-refractivity contribution is 4.96. The second-order valence-corrected chi connectivity index (χ2v) is 7.38. The summed E-state index contributed by atoms with van der Waals surface area (Å²) in [6.07, 6.45) is 8.58. The van der Waals surface area contributed by atoms with E-state index in [4.69, 9.17) is 0 Å². The summed E-state index contributed by atoms with van der Waals surface area (Å²) in [6.45, 7) is 11.4. The minimum absolute atomic E-state index is 0.826. The van der Waals surface area contributed by atoms with Gasteiger partial charge in [-0.1, -0.05) is 27.2 Å². The minimum atomic E-state index is 0.826. The van der Waals surface area contributed by atoms with Crippen LogP contribution in [0.4, 0.5) is 0 Å². The fourth-order valence-corrected chi connectivity index (χ4v) is 4.85. The second kappa shape index (κ2) is 5.73. The van der Waals surface area contributed by atoms with E-state index < -0.39 is 0 Å². The van der Waals surface area contributed by atoms with Crippen molar-refractivity contribution in [2.45, 2.75) is 77.4 Å². The van der Waals surface area contributed by atoms with Crippen LogP contribution in [0.5, 0.6) is 0 Å². The fraction of sp³-hybridized carbons (Fsp3) is 1.00. The van der Waals surface area contributed by atoms with Gasteiger partial charge >= 0.3 is 0 Å². The van der Waals surface area contributed by atoms with E-state index in [-0.39, 0.29) is 0 Å². The molecule has 0 aromatic heterocycles. The largest absolute Gasteiger partial charge is 0.298 e. The summed E-state index contributed by atoms with van der Waals surface area (Å²) >= 11 is 0. The smallest absolute Gasteiger partial charge is 0.0224 e. The third-order valence-corrected chi connectivity index (χ3v) is 6.40. The van der Waals surface area contributed by atoms with Gasteiger partial charge in [-0.3, -0.25) is 9.80 Å². The average molecular weight is 264 g/mol. The second-order valence-electron chi connectivity index (χ2n) is 7.38. The van der Waals surface area contributed by atoms with Crippen LogP contribution < -0.4 is 0 Å². The SMILES string of the molecule is CCC1CN2CCCCC2CN1C1CCC(C)C1C. The Labute approximate surface area is 119 Å². The Balaban J connectivity index is 1.72. The molecule has 2 heteroatoms. The maximum absolute atomic E-state index is 2.93. The molecule has 3 fully saturated rings. The van der Waals surface area contributed by atoms with E-state index in [1.165, 1.54) is 58.2 Å². The number of piperidine rings is 1. The molecule has 110 valence electrons. The summed E-state index contributed by atoms with van der Waals surface area (Å²) < 4.78 is 0. The van der Waals surface area contributed by atoms with Gasteiger partial charge in [0.2, 0.25) is 0 Å². The number of hydrogen-bond acceptors (Lipinski definition) is 2. The van der Waals surface area contributed by atoms with E-state index >= 15 is 0 Å². The van der Waals surface area contributed by atoms with Gasteiger partial charge in [-0.2, -0.15) is 0 Å². The highest BCUT2D eigenvalue weighted by atomic mass is 15.3. The third kappa shape index (κ3) is 2.58. The van der Waals surface area contributed by atoms with E-state index in [1.807, 2.05) is 0 Å². The van der Waals surface area contributed by atoms with Gasteiger partial charge in [-0.15, -0.1) is 0 Å².